The van der Waals surface area contributed by atoms with Gasteiger partial charge < -0.3 is 14.5 Å². The summed E-state index contributed by atoms with van der Waals surface area (Å²) in [5, 5.41) is 3.51. The lowest BCUT2D eigenvalue weighted by Gasteiger charge is -2.14. The molecule has 0 fully saturated rings. The zero-order chi connectivity index (χ0) is 14.5. The van der Waals surface area contributed by atoms with Crippen LogP contribution in [0.15, 0.2) is 41.0 Å². The molecule has 1 heterocycles. The van der Waals surface area contributed by atoms with E-state index in [9.17, 15) is 4.79 Å². The molecule has 0 saturated carbocycles. The third-order valence-corrected chi connectivity index (χ3v) is 3.51. The van der Waals surface area contributed by atoms with E-state index in [1.807, 2.05) is 0 Å². The van der Waals surface area contributed by atoms with Crippen LogP contribution in [-0.4, -0.2) is 19.6 Å². The molecule has 4 nitrogen and oxygen atoms in total. The lowest BCUT2D eigenvalue weighted by atomic mass is 10.2. The molecule has 0 bridgehead atoms. The maximum Gasteiger partial charge on any atom is 0.251 e. The minimum atomic E-state index is -0.336. The van der Waals surface area contributed by atoms with Crippen LogP contribution in [0.3, 0.4) is 0 Å². The van der Waals surface area contributed by atoms with Crippen LogP contribution >= 0.6 is 23.2 Å². The SMILES string of the molecule is COC(CNC(=O)c1ccc(Cl)c(Cl)c1)c1ccco1. The second-order valence-corrected chi connectivity index (χ2v) is 4.89. The quantitative estimate of drug-likeness (QED) is 0.915. The van der Waals surface area contributed by atoms with E-state index < -0.39 is 0 Å². The molecule has 0 aliphatic rings. The van der Waals surface area contributed by atoms with Crippen molar-refractivity contribution in [2.75, 3.05) is 13.7 Å². The van der Waals surface area contributed by atoms with Crippen molar-refractivity contribution in [3.63, 3.8) is 0 Å². The van der Waals surface area contributed by atoms with Gasteiger partial charge in [-0.05, 0) is 30.3 Å². The van der Waals surface area contributed by atoms with Gasteiger partial charge in [-0.25, -0.2) is 0 Å². The molecule has 20 heavy (non-hydrogen) atoms. The average molecular weight is 314 g/mol. The fourth-order valence-corrected chi connectivity index (χ4v) is 2.00. The predicted molar refractivity (Wildman–Crippen MR) is 77.3 cm³/mol. The van der Waals surface area contributed by atoms with Crippen molar-refractivity contribution in [3.05, 3.63) is 58.0 Å². The summed E-state index contributed by atoms with van der Waals surface area (Å²) in [6, 6.07) is 8.27. The fraction of sp³-hybridized carbons (Fsp3) is 0.214. The average Bonchev–Trinajstić information content (AvgIpc) is 2.96. The summed E-state index contributed by atoms with van der Waals surface area (Å²) >= 11 is 11.7. The second-order valence-electron chi connectivity index (χ2n) is 4.08. The van der Waals surface area contributed by atoms with Crippen molar-refractivity contribution in [3.8, 4) is 0 Å². The highest BCUT2D eigenvalue weighted by atomic mass is 35.5. The molecule has 106 valence electrons. The molecule has 0 aliphatic heterocycles. The van der Waals surface area contributed by atoms with E-state index in [4.69, 9.17) is 32.4 Å². The van der Waals surface area contributed by atoms with Crippen molar-refractivity contribution in [2.45, 2.75) is 6.10 Å². The highest BCUT2D eigenvalue weighted by Crippen LogP contribution is 2.22. The zero-order valence-corrected chi connectivity index (χ0v) is 12.2. The second kappa shape index (κ2) is 6.79. The highest BCUT2D eigenvalue weighted by molar-refractivity contribution is 6.42. The largest absolute Gasteiger partial charge is 0.467 e. The number of methoxy groups -OCH3 is 1. The van der Waals surface area contributed by atoms with Gasteiger partial charge in [0, 0.05) is 12.7 Å². The lowest BCUT2D eigenvalue weighted by Crippen LogP contribution is -2.29. The number of carbonyl (C=O) groups is 1. The first-order valence-electron chi connectivity index (χ1n) is 5.91. The van der Waals surface area contributed by atoms with Gasteiger partial charge >= 0.3 is 0 Å². The van der Waals surface area contributed by atoms with E-state index in [0.717, 1.165) is 0 Å². The van der Waals surface area contributed by atoms with Crippen LogP contribution in [0.4, 0.5) is 0 Å². The minimum absolute atomic E-state index is 0.253. The molecule has 1 aromatic carbocycles. The Bertz CT molecular complexity index is 584. The van der Waals surface area contributed by atoms with Crippen LogP contribution in [0.5, 0.6) is 0 Å². The Morgan fingerprint density at radius 3 is 2.75 bits per heavy atom. The molecule has 0 saturated heterocycles. The summed E-state index contributed by atoms with van der Waals surface area (Å²) in [5.74, 6) is 0.402. The Morgan fingerprint density at radius 1 is 1.35 bits per heavy atom. The van der Waals surface area contributed by atoms with E-state index in [2.05, 4.69) is 5.32 Å². The van der Waals surface area contributed by atoms with Crippen LogP contribution in [0, 0.1) is 0 Å². The molecule has 1 aromatic heterocycles. The van der Waals surface area contributed by atoms with Crippen LogP contribution in [0.1, 0.15) is 22.2 Å². The van der Waals surface area contributed by atoms with E-state index in [0.29, 0.717) is 27.9 Å². The maximum atomic E-state index is 12.0. The van der Waals surface area contributed by atoms with Crippen molar-refractivity contribution >= 4 is 29.1 Å². The lowest BCUT2D eigenvalue weighted by molar-refractivity contribution is 0.0738. The zero-order valence-electron chi connectivity index (χ0n) is 10.7. The van der Waals surface area contributed by atoms with Gasteiger partial charge in [-0.3, -0.25) is 4.79 Å². The summed E-state index contributed by atoms with van der Waals surface area (Å²) in [6.45, 7) is 0.295. The Labute approximate surface area is 126 Å². The van der Waals surface area contributed by atoms with Crippen LogP contribution in [-0.2, 0) is 4.74 Å². The molecule has 1 N–H and O–H groups in total. The van der Waals surface area contributed by atoms with Crippen molar-refractivity contribution in [1.29, 1.82) is 0 Å². The van der Waals surface area contributed by atoms with Crippen molar-refractivity contribution < 1.29 is 13.9 Å². The Kier molecular flexibility index (Phi) is 5.06. The van der Waals surface area contributed by atoms with E-state index in [-0.39, 0.29) is 12.0 Å². The molecule has 0 spiro atoms. The van der Waals surface area contributed by atoms with Gasteiger partial charge in [-0.2, -0.15) is 0 Å². The molecule has 6 heteroatoms. The predicted octanol–water partition coefficient (Wildman–Crippen LogP) is 3.70. The van der Waals surface area contributed by atoms with E-state index in [1.165, 1.54) is 6.07 Å². The normalized spacial score (nSPS) is 12.2. The Balaban J connectivity index is 1.99. The topological polar surface area (TPSA) is 51.5 Å². The van der Waals surface area contributed by atoms with Crippen LogP contribution in [0.2, 0.25) is 10.0 Å². The molecule has 2 aromatic rings. The number of rotatable bonds is 5. The van der Waals surface area contributed by atoms with Gasteiger partial charge in [-0.15, -0.1) is 0 Å². The summed E-state index contributed by atoms with van der Waals surface area (Å²) in [6.07, 6.45) is 1.22. The number of ether oxygens (including phenoxy) is 1. The highest BCUT2D eigenvalue weighted by Gasteiger charge is 2.15. The Hall–Kier alpha value is -1.49. The number of nitrogens with one attached hydrogen (secondary N) is 1. The minimum Gasteiger partial charge on any atom is -0.467 e. The van der Waals surface area contributed by atoms with Gasteiger partial charge in [0.1, 0.15) is 11.9 Å². The smallest absolute Gasteiger partial charge is 0.251 e. The summed E-state index contributed by atoms with van der Waals surface area (Å²) in [7, 11) is 1.55. The standard InChI is InChI=1S/C14H13Cl2NO3/c1-19-13(12-3-2-6-20-12)8-17-14(18)9-4-5-10(15)11(16)7-9/h2-7,13H,8H2,1H3,(H,17,18). The number of hydrogen-bond acceptors (Lipinski definition) is 3. The number of furan rings is 1. The van der Waals surface area contributed by atoms with Gasteiger partial charge in [0.2, 0.25) is 0 Å². The van der Waals surface area contributed by atoms with E-state index >= 15 is 0 Å². The van der Waals surface area contributed by atoms with E-state index in [1.54, 1.807) is 37.6 Å². The first-order chi connectivity index (χ1) is 9.61. The number of amides is 1. The maximum absolute atomic E-state index is 12.0. The number of carbonyl (C=O) groups excluding carboxylic acids is 1. The molecule has 0 radical (unpaired) electrons. The molecule has 1 atom stereocenters. The van der Waals surface area contributed by atoms with Crippen molar-refractivity contribution in [2.24, 2.45) is 0 Å². The van der Waals surface area contributed by atoms with Gasteiger partial charge in [0.15, 0.2) is 0 Å². The van der Waals surface area contributed by atoms with Gasteiger partial charge in [-0.1, -0.05) is 23.2 Å². The molecule has 2 rings (SSSR count). The molecular formula is C14H13Cl2NO3. The van der Waals surface area contributed by atoms with Crippen LogP contribution in [0.25, 0.3) is 0 Å². The summed E-state index contributed by atoms with van der Waals surface area (Å²) < 4.78 is 10.5. The molecule has 1 amide bonds. The number of hydrogen-bond donors (Lipinski definition) is 1. The van der Waals surface area contributed by atoms with Gasteiger partial charge in [0.05, 0.1) is 22.9 Å². The third kappa shape index (κ3) is 3.54. The van der Waals surface area contributed by atoms with Crippen LogP contribution < -0.4 is 5.32 Å². The first kappa shape index (κ1) is 14.9. The number of benzene rings is 1. The van der Waals surface area contributed by atoms with Crippen molar-refractivity contribution in [1.82, 2.24) is 5.32 Å². The number of halogens is 2. The molecule has 0 aliphatic carbocycles. The third-order valence-electron chi connectivity index (χ3n) is 2.77. The monoisotopic (exact) mass is 313 g/mol. The van der Waals surface area contributed by atoms with Gasteiger partial charge in [0.25, 0.3) is 5.91 Å². The fourth-order valence-electron chi connectivity index (χ4n) is 1.70. The molecular weight excluding hydrogens is 301 g/mol. The first-order valence-corrected chi connectivity index (χ1v) is 6.67. The summed E-state index contributed by atoms with van der Waals surface area (Å²) in [5.41, 5.74) is 0.439. The Morgan fingerprint density at radius 2 is 2.15 bits per heavy atom. The molecule has 1 unspecified atom stereocenters. The summed E-state index contributed by atoms with van der Waals surface area (Å²) in [4.78, 5) is 12.0.